The third-order valence-electron chi connectivity index (χ3n) is 2.28. The Kier molecular flexibility index (Phi) is 7.58. The van der Waals surface area contributed by atoms with Crippen LogP contribution in [-0.4, -0.2) is 33.7 Å². The third-order valence-corrected chi connectivity index (χ3v) is 2.28. The van der Waals surface area contributed by atoms with Crippen LogP contribution >= 0.6 is 0 Å². The molecule has 0 atom stereocenters. The predicted octanol–water partition coefficient (Wildman–Crippen LogP) is 1.02. The van der Waals surface area contributed by atoms with Gasteiger partial charge in [0.25, 0.3) is 0 Å². The summed E-state index contributed by atoms with van der Waals surface area (Å²) in [5.74, 6) is -4.38. The lowest BCUT2D eigenvalue weighted by Crippen LogP contribution is -2.12. The summed E-state index contributed by atoms with van der Waals surface area (Å²) >= 11 is 0. The minimum atomic E-state index is -1.41. The third kappa shape index (κ3) is 8.12. The van der Waals surface area contributed by atoms with Gasteiger partial charge in [0.1, 0.15) is 0 Å². The molecule has 0 aliphatic heterocycles. The van der Waals surface area contributed by atoms with Crippen molar-refractivity contribution in [2.45, 2.75) is 44.9 Å². The molecule has 0 heterocycles. The lowest BCUT2D eigenvalue weighted by molar-refractivity contribution is -0.149. The average Bonchev–Trinajstić information content (AvgIpc) is 2.26. The number of carboxylic acid groups (broad SMARTS) is 2. The fraction of sp³-hybridized carbons (Fsp3) is 0.636. The summed E-state index contributed by atoms with van der Waals surface area (Å²) in [6.07, 6.45) is 3.27. The lowest BCUT2D eigenvalue weighted by Gasteiger charge is -1.99. The predicted molar refractivity (Wildman–Crippen MR) is 57.6 cm³/mol. The maximum Gasteiger partial charge on any atom is 0.372 e. The Hall–Kier alpha value is -1.72. The van der Waals surface area contributed by atoms with E-state index >= 15 is 0 Å². The van der Waals surface area contributed by atoms with Crippen LogP contribution in [0.3, 0.4) is 0 Å². The van der Waals surface area contributed by atoms with Crippen LogP contribution in [0.25, 0.3) is 0 Å². The molecular formula is C11H16O6. The topological polar surface area (TPSA) is 109 Å². The van der Waals surface area contributed by atoms with E-state index in [-0.39, 0.29) is 12.8 Å². The molecule has 0 saturated carbocycles. The first-order valence-corrected chi connectivity index (χ1v) is 5.47. The van der Waals surface area contributed by atoms with Crippen LogP contribution in [0.5, 0.6) is 0 Å². The first-order chi connectivity index (χ1) is 7.95. The van der Waals surface area contributed by atoms with Crippen molar-refractivity contribution in [3.05, 3.63) is 0 Å². The summed E-state index contributed by atoms with van der Waals surface area (Å²) < 4.78 is 0. The Morgan fingerprint density at radius 1 is 0.588 bits per heavy atom. The second-order valence-electron chi connectivity index (χ2n) is 3.72. The highest BCUT2D eigenvalue weighted by Gasteiger charge is 2.11. The van der Waals surface area contributed by atoms with E-state index in [0.29, 0.717) is 25.7 Å². The SMILES string of the molecule is O=C(O)C(=O)CCCCCCCC(=O)C(=O)O. The van der Waals surface area contributed by atoms with Crippen LogP contribution < -0.4 is 0 Å². The molecule has 0 rings (SSSR count). The molecule has 6 heteroatoms. The number of rotatable bonds is 10. The van der Waals surface area contributed by atoms with Crippen LogP contribution in [0.1, 0.15) is 44.9 Å². The monoisotopic (exact) mass is 244 g/mol. The van der Waals surface area contributed by atoms with E-state index < -0.39 is 23.5 Å². The van der Waals surface area contributed by atoms with E-state index in [4.69, 9.17) is 10.2 Å². The van der Waals surface area contributed by atoms with Crippen LogP contribution in [0, 0.1) is 0 Å². The van der Waals surface area contributed by atoms with E-state index in [0.717, 1.165) is 6.42 Å². The van der Waals surface area contributed by atoms with Gasteiger partial charge in [-0.2, -0.15) is 0 Å². The first kappa shape index (κ1) is 15.3. The Morgan fingerprint density at radius 2 is 0.882 bits per heavy atom. The van der Waals surface area contributed by atoms with Gasteiger partial charge in [-0.05, 0) is 12.8 Å². The van der Waals surface area contributed by atoms with Crippen LogP contribution in [0.4, 0.5) is 0 Å². The van der Waals surface area contributed by atoms with Crippen molar-refractivity contribution in [3.63, 3.8) is 0 Å². The minimum absolute atomic E-state index is 0.0311. The number of carboxylic acids is 2. The zero-order valence-electron chi connectivity index (χ0n) is 9.48. The summed E-state index contributed by atoms with van der Waals surface area (Å²) in [5.41, 5.74) is 0. The van der Waals surface area contributed by atoms with E-state index in [2.05, 4.69) is 0 Å². The van der Waals surface area contributed by atoms with Gasteiger partial charge in [-0.1, -0.05) is 19.3 Å². The summed E-state index contributed by atoms with van der Waals surface area (Å²) in [4.78, 5) is 41.7. The highest BCUT2D eigenvalue weighted by molar-refractivity contribution is 6.32. The normalized spacial score (nSPS) is 9.88. The molecule has 17 heavy (non-hydrogen) atoms. The quantitative estimate of drug-likeness (QED) is 0.438. The number of ketones is 2. The second-order valence-corrected chi connectivity index (χ2v) is 3.72. The summed E-state index contributed by atoms with van der Waals surface area (Å²) in [6, 6.07) is 0. The van der Waals surface area contributed by atoms with Gasteiger partial charge in [-0.15, -0.1) is 0 Å². The molecule has 96 valence electrons. The van der Waals surface area contributed by atoms with Gasteiger partial charge < -0.3 is 10.2 Å². The van der Waals surface area contributed by atoms with Gasteiger partial charge in [0.05, 0.1) is 0 Å². The molecule has 0 fully saturated rings. The largest absolute Gasteiger partial charge is 0.476 e. The highest BCUT2D eigenvalue weighted by Crippen LogP contribution is 2.07. The van der Waals surface area contributed by atoms with E-state index in [1.807, 2.05) is 0 Å². The van der Waals surface area contributed by atoms with Crippen molar-refractivity contribution in [2.24, 2.45) is 0 Å². The lowest BCUT2D eigenvalue weighted by atomic mass is 10.1. The second kappa shape index (κ2) is 8.43. The molecule has 2 N–H and O–H groups in total. The molecule has 0 aromatic carbocycles. The van der Waals surface area contributed by atoms with E-state index in [9.17, 15) is 19.2 Å². The number of carbonyl (C=O) groups excluding carboxylic acids is 2. The summed E-state index contributed by atoms with van der Waals surface area (Å²) in [7, 11) is 0. The first-order valence-electron chi connectivity index (χ1n) is 5.47. The molecule has 0 radical (unpaired) electrons. The zero-order chi connectivity index (χ0) is 13.3. The number of hydrogen-bond acceptors (Lipinski definition) is 4. The van der Waals surface area contributed by atoms with Gasteiger partial charge in [0.15, 0.2) is 0 Å². The molecule has 0 unspecified atom stereocenters. The fourth-order valence-corrected chi connectivity index (χ4v) is 1.32. The number of unbranched alkanes of at least 4 members (excludes halogenated alkanes) is 4. The van der Waals surface area contributed by atoms with Crippen molar-refractivity contribution in [2.75, 3.05) is 0 Å². The molecule has 0 spiro atoms. The molecule has 0 aliphatic rings. The number of aliphatic carboxylic acids is 2. The highest BCUT2D eigenvalue weighted by atomic mass is 16.4. The fourth-order valence-electron chi connectivity index (χ4n) is 1.32. The number of carbonyl (C=O) groups is 4. The summed E-state index contributed by atoms with van der Waals surface area (Å²) in [5, 5.41) is 16.6. The number of Topliss-reactive ketones (excluding diaryl/α,β-unsaturated/α-hetero) is 2. The Morgan fingerprint density at radius 3 is 1.18 bits per heavy atom. The van der Waals surface area contributed by atoms with Gasteiger partial charge in [-0.3, -0.25) is 9.59 Å². The van der Waals surface area contributed by atoms with Crippen LogP contribution in [-0.2, 0) is 19.2 Å². The van der Waals surface area contributed by atoms with Crippen molar-refractivity contribution < 1.29 is 29.4 Å². The van der Waals surface area contributed by atoms with Crippen molar-refractivity contribution >= 4 is 23.5 Å². The molecular weight excluding hydrogens is 228 g/mol. The van der Waals surface area contributed by atoms with Gasteiger partial charge in [0, 0.05) is 12.8 Å². The standard InChI is InChI=1S/C11H16O6/c12-8(10(14)15)6-4-2-1-3-5-7-9(13)11(16)17/h1-7H2,(H,14,15)(H,16,17). The smallest absolute Gasteiger partial charge is 0.372 e. The molecule has 0 amide bonds. The minimum Gasteiger partial charge on any atom is -0.476 e. The van der Waals surface area contributed by atoms with Gasteiger partial charge in [0.2, 0.25) is 11.6 Å². The van der Waals surface area contributed by atoms with Gasteiger partial charge >= 0.3 is 11.9 Å². The molecule has 0 bridgehead atoms. The maximum absolute atomic E-state index is 10.7. The van der Waals surface area contributed by atoms with Crippen LogP contribution in [0.15, 0.2) is 0 Å². The van der Waals surface area contributed by atoms with Crippen molar-refractivity contribution in [1.29, 1.82) is 0 Å². The average molecular weight is 244 g/mol. The van der Waals surface area contributed by atoms with Gasteiger partial charge in [-0.25, -0.2) is 9.59 Å². The molecule has 0 aromatic rings. The summed E-state index contributed by atoms with van der Waals surface area (Å²) in [6.45, 7) is 0. The van der Waals surface area contributed by atoms with Crippen molar-refractivity contribution in [3.8, 4) is 0 Å². The maximum atomic E-state index is 10.7. The zero-order valence-corrected chi connectivity index (χ0v) is 9.48. The Bertz CT molecular complexity index is 277. The molecule has 0 aromatic heterocycles. The van der Waals surface area contributed by atoms with Crippen molar-refractivity contribution in [1.82, 2.24) is 0 Å². The van der Waals surface area contributed by atoms with E-state index in [1.165, 1.54) is 0 Å². The molecule has 0 saturated heterocycles. The van der Waals surface area contributed by atoms with Crippen LogP contribution in [0.2, 0.25) is 0 Å². The van der Waals surface area contributed by atoms with E-state index in [1.54, 1.807) is 0 Å². The Balaban J connectivity index is 3.36. The molecule has 6 nitrogen and oxygen atoms in total. The number of hydrogen-bond donors (Lipinski definition) is 2. The Labute approximate surface area is 98.6 Å². The molecule has 0 aliphatic carbocycles.